The number of nitrogens with two attached hydrogens (primary N) is 1. The van der Waals surface area contributed by atoms with Gasteiger partial charge in [-0.3, -0.25) is 4.79 Å². The molecule has 3 nitrogen and oxygen atoms in total. The lowest BCUT2D eigenvalue weighted by atomic mass is 9.86. The minimum atomic E-state index is -0.488. The molecule has 1 amide bonds. The average molecular weight is 208 g/mol. The van der Waals surface area contributed by atoms with E-state index in [1.807, 2.05) is 0 Å². The smallest absolute Gasteiger partial charge is 0.240 e. The SMILES string of the molecule is NC1(C(=O)NC2CC23CCCCC3)CC1. The second-order valence-corrected chi connectivity index (χ2v) is 5.81. The summed E-state index contributed by atoms with van der Waals surface area (Å²) in [5.41, 5.74) is 5.87. The monoisotopic (exact) mass is 208 g/mol. The molecule has 1 spiro atoms. The van der Waals surface area contributed by atoms with Gasteiger partial charge < -0.3 is 11.1 Å². The van der Waals surface area contributed by atoms with Crippen LogP contribution in [0.5, 0.6) is 0 Å². The lowest BCUT2D eigenvalue weighted by Gasteiger charge is -2.23. The summed E-state index contributed by atoms with van der Waals surface area (Å²) in [6.45, 7) is 0. The molecule has 0 saturated heterocycles. The number of rotatable bonds is 2. The van der Waals surface area contributed by atoms with Gasteiger partial charge in [0.1, 0.15) is 0 Å². The normalized spacial score (nSPS) is 34.9. The van der Waals surface area contributed by atoms with Gasteiger partial charge in [-0.15, -0.1) is 0 Å². The van der Waals surface area contributed by atoms with Crippen molar-refractivity contribution in [3.8, 4) is 0 Å². The average Bonchev–Trinajstić information content (AvgIpc) is 3.10. The Kier molecular flexibility index (Phi) is 1.91. The fraction of sp³-hybridized carbons (Fsp3) is 0.917. The zero-order valence-electron chi connectivity index (χ0n) is 9.22. The highest BCUT2D eigenvalue weighted by Crippen LogP contribution is 2.56. The third-order valence-corrected chi connectivity index (χ3v) is 4.59. The molecule has 3 N–H and O–H groups in total. The predicted molar refractivity (Wildman–Crippen MR) is 58.2 cm³/mol. The molecule has 1 unspecified atom stereocenters. The second-order valence-electron chi connectivity index (χ2n) is 5.81. The molecule has 0 aliphatic heterocycles. The lowest BCUT2D eigenvalue weighted by molar-refractivity contribution is -0.123. The maximum absolute atomic E-state index is 11.8. The van der Waals surface area contributed by atoms with Crippen LogP contribution in [0.25, 0.3) is 0 Å². The van der Waals surface area contributed by atoms with Crippen molar-refractivity contribution in [1.82, 2.24) is 5.32 Å². The molecule has 0 aromatic carbocycles. The van der Waals surface area contributed by atoms with Gasteiger partial charge in [-0.2, -0.15) is 0 Å². The number of amides is 1. The molecule has 84 valence electrons. The van der Waals surface area contributed by atoms with Crippen LogP contribution in [-0.2, 0) is 4.79 Å². The number of hydrogen-bond donors (Lipinski definition) is 2. The van der Waals surface area contributed by atoms with Crippen molar-refractivity contribution in [2.24, 2.45) is 11.1 Å². The fourth-order valence-corrected chi connectivity index (χ4v) is 3.02. The Morgan fingerprint density at radius 3 is 2.40 bits per heavy atom. The first-order valence-electron chi connectivity index (χ1n) is 6.25. The summed E-state index contributed by atoms with van der Waals surface area (Å²) in [4.78, 5) is 11.8. The summed E-state index contributed by atoms with van der Waals surface area (Å²) in [5, 5.41) is 3.15. The summed E-state index contributed by atoms with van der Waals surface area (Å²) in [5.74, 6) is 0.106. The van der Waals surface area contributed by atoms with Gasteiger partial charge in [-0.25, -0.2) is 0 Å². The van der Waals surface area contributed by atoms with Crippen LogP contribution in [0, 0.1) is 5.41 Å². The summed E-state index contributed by atoms with van der Waals surface area (Å²) < 4.78 is 0. The Morgan fingerprint density at radius 1 is 1.13 bits per heavy atom. The molecule has 3 aliphatic carbocycles. The molecule has 15 heavy (non-hydrogen) atoms. The van der Waals surface area contributed by atoms with Gasteiger partial charge in [0.05, 0.1) is 5.54 Å². The number of carbonyl (C=O) groups excluding carboxylic acids is 1. The first-order chi connectivity index (χ1) is 7.15. The Bertz CT molecular complexity index is 290. The topological polar surface area (TPSA) is 55.1 Å². The molecular weight excluding hydrogens is 188 g/mol. The molecule has 0 heterocycles. The molecule has 3 heteroatoms. The van der Waals surface area contributed by atoms with E-state index >= 15 is 0 Å². The van der Waals surface area contributed by atoms with Gasteiger partial charge in [0, 0.05) is 6.04 Å². The molecule has 1 atom stereocenters. The van der Waals surface area contributed by atoms with Gasteiger partial charge in [-0.1, -0.05) is 19.3 Å². The summed E-state index contributed by atoms with van der Waals surface area (Å²) in [6, 6.07) is 0.450. The van der Waals surface area contributed by atoms with Crippen molar-refractivity contribution < 1.29 is 4.79 Å². The third-order valence-electron chi connectivity index (χ3n) is 4.59. The molecule has 0 bridgehead atoms. The van der Waals surface area contributed by atoms with Crippen LogP contribution in [0.2, 0.25) is 0 Å². The van der Waals surface area contributed by atoms with Gasteiger partial charge >= 0.3 is 0 Å². The number of nitrogens with one attached hydrogen (secondary N) is 1. The van der Waals surface area contributed by atoms with E-state index in [1.54, 1.807) is 0 Å². The minimum absolute atomic E-state index is 0.106. The van der Waals surface area contributed by atoms with Crippen LogP contribution in [-0.4, -0.2) is 17.5 Å². The third kappa shape index (κ3) is 1.57. The van der Waals surface area contributed by atoms with E-state index in [0.29, 0.717) is 11.5 Å². The second kappa shape index (κ2) is 2.97. The van der Waals surface area contributed by atoms with Crippen LogP contribution in [0.3, 0.4) is 0 Å². The van der Waals surface area contributed by atoms with E-state index in [9.17, 15) is 4.79 Å². The van der Waals surface area contributed by atoms with E-state index in [4.69, 9.17) is 5.73 Å². The van der Waals surface area contributed by atoms with E-state index in [0.717, 1.165) is 12.8 Å². The van der Waals surface area contributed by atoms with Crippen molar-refractivity contribution in [1.29, 1.82) is 0 Å². The minimum Gasteiger partial charge on any atom is -0.351 e. The Balaban J connectivity index is 1.56. The van der Waals surface area contributed by atoms with E-state index < -0.39 is 5.54 Å². The predicted octanol–water partition coefficient (Wildman–Crippen LogP) is 1.32. The van der Waals surface area contributed by atoms with Crippen molar-refractivity contribution in [3.63, 3.8) is 0 Å². The largest absolute Gasteiger partial charge is 0.351 e. The molecule has 0 radical (unpaired) electrons. The van der Waals surface area contributed by atoms with Crippen molar-refractivity contribution >= 4 is 5.91 Å². The Morgan fingerprint density at radius 2 is 1.80 bits per heavy atom. The van der Waals surface area contributed by atoms with Gasteiger partial charge in [-0.05, 0) is 37.5 Å². The van der Waals surface area contributed by atoms with Crippen LogP contribution in [0.15, 0.2) is 0 Å². The standard InChI is InChI=1S/C12H20N2O/c13-12(6-7-12)10(15)14-9-8-11(9)4-2-1-3-5-11/h9H,1-8,13H2,(H,14,15). The highest BCUT2D eigenvalue weighted by molar-refractivity contribution is 5.89. The van der Waals surface area contributed by atoms with Crippen LogP contribution >= 0.6 is 0 Å². The van der Waals surface area contributed by atoms with E-state index in [2.05, 4.69) is 5.32 Å². The first kappa shape index (κ1) is 9.64. The van der Waals surface area contributed by atoms with E-state index in [-0.39, 0.29) is 5.91 Å². The molecule has 3 saturated carbocycles. The quantitative estimate of drug-likeness (QED) is 0.719. The Labute approximate surface area is 90.8 Å². The molecule has 0 aromatic heterocycles. The highest BCUT2D eigenvalue weighted by Gasteiger charge is 2.56. The van der Waals surface area contributed by atoms with Gasteiger partial charge in [0.2, 0.25) is 5.91 Å². The summed E-state index contributed by atoms with van der Waals surface area (Å²) in [7, 11) is 0. The van der Waals surface area contributed by atoms with Crippen molar-refractivity contribution in [2.75, 3.05) is 0 Å². The highest BCUT2D eigenvalue weighted by atomic mass is 16.2. The fourth-order valence-electron chi connectivity index (χ4n) is 3.02. The van der Waals surface area contributed by atoms with Crippen LogP contribution in [0.1, 0.15) is 51.4 Å². The zero-order chi connectivity index (χ0) is 10.5. The van der Waals surface area contributed by atoms with E-state index in [1.165, 1.54) is 38.5 Å². The van der Waals surface area contributed by atoms with Gasteiger partial charge in [0.15, 0.2) is 0 Å². The Hall–Kier alpha value is -0.570. The van der Waals surface area contributed by atoms with Crippen LogP contribution in [0.4, 0.5) is 0 Å². The number of hydrogen-bond acceptors (Lipinski definition) is 2. The van der Waals surface area contributed by atoms with Crippen molar-refractivity contribution in [3.05, 3.63) is 0 Å². The maximum Gasteiger partial charge on any atom is 0.240 e. The summed E-state index contributed by atoms with van der Waals surface area (Å²) >= 11 is 0. The molecule has 3 fully saturated rings. The van der Waals surface area contributed by atoms with Crippen molar-refractivity contribution in [2.45, 2.75) is 62.9 Å². The van der Waals surface area contributed by atoms with Crippen LogP contribution < -0.4 is 11.1 Å². The molecule has 3 rings (SSSR count). The zero-order valence-corrected chi connectivity index (χ0v) is 9.22. The molecule has 3 aliphatic rings. The maximum atomic E-state index is 11.8. The first-order valence-corrected chi connectivity index (χ1v) is 6.25. The lowest BCUT2D eigenvalue weighted by Crippen LogP contribution is -2.44. The molecule has 0 aromatic rings. The number of carbonyl (C=O) groups is 1. The van der Waals surface area contributed by atoms with Gasteiger partial charge in [0.25, 0.3) is 0 Å². The summed E-state index contributed by atoms with van der Waals surface area (Å²) in [6.07, 6.45) is 9.65. The molecular formula is C12H20N2O.